The van der Waals surface area contributed by atoms with Crippen LogP contribution in [0.5, 0.6) is 11.5 Å². The van der Waals surface area contributed by atoms with Crippen LogP contribution in [0.25, 0.3) is 0 Å². The molecule has 0 heterocycles. The standard InChI is InChI=1S/C29H34N2O2/c1-18(2)23-15-24(19(3)4)29(31-17-22-12-8-10-14-26(22)33)27(20(5)6)28(23)30-16-21-11-7-9-13-25(21)32/h7-20,32-33H,1-6H3. The number of phenolic OH excluding ortho intramolecular Hbond substituents is 2. The van der Waals surface area contributed by atoms with Crippen LogP contribution < -0.4 is 0 Å². The van der Waals surface area contributed by atoms with E-state index in [0.717, 1.165) is 28.1 Å². The van der Waals surface area contributed by atoms with Gasteiger partial charge in [-0.1, -0.05) is 71.9 Å². The van der Waals surface area contributed by atoms with Crippen molar-refractivity contribution in [2.45, 2.75) is 59.3 Å². The van der Waals surface area contributed by atoms with Crippen molar-refractivity contribution in [2.24, 2.45) is 9.98 Å². The first-order valence-corrected chi connectivity index (χ1v) is 11.6. The van der Waals surface area contributed by atoms with Gasteiger partial charge in [-0.15, -0.1) is 0 Å². The van der Waals surface area contributed by atoms with Gasteiger partial charge in [0, 0.05) is 29.1 Å². The minimum Gasteiger partial charge on any atom is -0.507 e. The third-order valence-electron chi connectivity index (χ3n) is 5.73. The molecule has 4 nitrogen and oxygen atoms in total. The van der Waals surface area contributed by atoms with Gasteiger partial charge in [0.05, 0.1) is 11.4 Å². The van der Waals surface area contributed by atoms with Crippen molar-refractivity contribution >= 4 is 23.8 Å². The molecule has 3 rings (SSSR count). The molecule has 0 saturated heterocycles. The molecule has 2 N–H and O–H groups in total. The molecule has 4 heteroatoms. The molecule has 0 radical (unpaired) electrons. The normalized spacial score (nSPS) is 12.2. The highest BCUT2D eigenvalue weighted by Gasteiger charge is 2.22. The molecule has 0 aliphatic rings. The van der Waals surface area contributed by atoms with Gasteiger partial charge in [-0.2, -0.15) is 0 Å². The molecule has 0 bridgehead atoms. The Labute approximate surface area is 197 Å². The Hall–Kier alpha value is -3.40. The van der Waals surface area contributed by atoms with E-state index in [9.17, 15) is 10.2 Å². The molecule has 0 saturated carbocycles. The number of para-hydroxylation sites is 2. The molecule has 0 aliphatic heterocycles. The van der Waals surface area contributed by atoms with Gasteiger partial charge in [-0.3, -0.25) is 9.98 Å². The maximum absolute atomic E-state index is 10.2. The third-order valence-corrected chi connectivity index (χ3v) is 5.73. The van der Waals surface area contributed by atoms with Gasteiger partial charge in [0.2, 0.25) is 0 Å². The Kier molecular flexibility index (Phi) is 7.70. The Morgan fingerprint density at radius 1 is 0.606 bits per heavy atom. The summed E-state index contributed by atoms with van der Waals surface area (Å²) in [6.45, 7) is 13.0. The fourth-order valence-corrected chi connectivity index (χ4v) is 3.90. The van der Waals surface area contributed by atoms with E-state index >= 15 is 0 Å². The van der Waals surface area contributed by atoms with Gasteiger partial charge in [-0.25, -0.2) is 0 Å². The summed E-state index contributed by atoms with van der Waals surface area (Å²) < 4.78 is 0. The molecule has 0 unspecified atom stereocenters. The van der Waals surface area contributed by atoms with E-state index in [-0.39, 0.29) is 29.3 Å². The minimum atomic E-state index is 0.175. The lowest BCUT2D eigenvalue weighted by atomic mass is 9.85. The molecular weight excluding hydrogens is 408 g/mol. The fraction of sp³-hybridized carbons (Fsp3) is 0.310. The van der Waals surface area contributed by atoms with E-state index in [0.29, 0.717) is 11.1 Å². The van der Waals surface area contributed by atoms with Crippen molar-refractivity contribution in [3.8, 4) is 11.5 Å². The fourth-order valence-electron chi connectivity index (χ4n) is 3.90. The van der Waals surface area contributed by atoms with Crippen LogP contribution in [0.1, 0.15) is 87.1 Å². The smallest absolute Gasteiger partial charge is 0.124 e. The van der Waals surface area contributed by atoms with Gasteiger partial charge in [-0.05, 0) is 53.1 Å². The number of hydrogen-bond donors (Lipinski definition) is 2. The average molecular weight is 443 g/mol. The summed E-state index contributed by atoms with van der Waals surface area (Å²) in [5, 5.41) is 20.4. The molecule has 3 aromatic carbocycles. The molecule has 0 amide bonds. The van der Waals surface area contributed by atoms with Gasteiger partial charge in [0.25, 0.3) is 0 Å². The summed E-state index contributed by atoms with van der Waals surface area (Å²) >= 11 is 0. The van der Waals surface area contributed by atoms with Crippen molar-refractivity contribution in [1.29, 1.82) is 0 Å². The van der Waals surface area contributed by atoms with Crippen LogP contribution in [-0.4, -0.2) is 22.6 Å². The van der Waals surface area contributed by atoms with E-state index in [1.807, 2.05) is 24.3 Å². The quantitative estimate of drug-likeness (QED) is 0.364. The van der Waals surface area contributed by atoms with Crippen molar-refractivity contribution < 1.29 is 10.2 Å². The molecular formula is C29H34N2O2. The summed E-state index contributed by atoms with van der Waals surface area (Å²) in [4.78, 5) is 9.81. The highest BCUT2D eigenvalue weighted by molar-refractivity contribution is 5.89. The number of aliphatic imine (C=N–C) groups is 2. The monoisotopic (exact) mass is 442 g/mol. The van der Waals surface area contributed by atoms with Crippen LogP contribution in [0.4, 0.5) is 11.4 Å². The summed E-state index contributed by atoms with van der Waals surface area (Å²) in [6, 6.07) is 16.6. The second-order valence-electron chi connectivity index (χ2n) is 9.26. The predicted molar refractivity (Wildman–Crippen MR) is 139 cm³/mol. The van der Waals surface area contributed by atoms with Gasteiger partial charge in [0.15, 0.2) is 0 Å². The number of nitrogens with zero attached hydrogens (tertiary/aromatic N) is 2. The molecule has 0 fully saturated rings. The summed E-state index contributed by atoms with van der Waals surface area (Å²) in [6.07, 6.45) is 3.46. The number of benzene rings is 3. The molecule has 33 heavy (non-hydrogen) atoms. The number of rotatable bonds is 7. The second-order valence-corrected chi connectivity index (χ2v) is 9.26. The minimum absolute atomic E-state index is 0.175. The lowest BCUT2D eigenvalue weighted by Crippen LogP contribution is -2.02. The van der Waals surface area contributed by atoms with E-state index < -0.39 is 0 Å². The first kappa shape index (κ1) is 24.2. The maximum atomic E-state index is 10.2. The Bertz CT molecular complexity index is 1090. The SMILES string of the molecule is CC(C)c1cc(C(C)C)c(N=Cc2ccccc2O)c(C(C)C)c1N=Cc1ccccc1O. The summed E-state index contributed by atoms with van der Waals surface area (Å²) in [5.74, 6) is 1.12. The van der Waals surface area contributed by atoms with Crippen molar-refractivity contribution in [1.82, 2.24) is 0 Å². The Morgan fingerprint density at radius 2 is 1.00 bits per heavy atom. The summed E-state index contributed by atoms with van der Waals surface area (Å²) in [5.41, 5.74) is 6.55. The molecule has 172 valence electrons. The largest absolute Gasteiger partial charge is 0.507 e. The van der Waals surface area contributed by atoms with Crippen LogP contribution >= 0.6 is 0 Å². The lowest BCUT2D eigenvalue weighted by molar-refractivity contribution is 0.474. The van der Waals surface area contributed by atoms with E-state index in [2.05, 4.69) is 47.6 Å². The predicted octanol–water partition coefficient (Wildman–Crippen LogP) is 7.97. The zero-order chi connectivity index (χ0) is 24.1. The number of phenols is 2. The zero-order valence-electron chi connectivity index (χ0n) is 20.4. The van der Waals surface area contributed by atoms with E-state index in [1.54, 1.807) is 36.7 Å². The second kappa shape index (κ2) is 10.5. The molecule has 0 atom stereocenters. The van der Waals surface area contributed by atoms with Crippen LogP contribution in [0, 0.1) is 0 Å². The topological polar surface area (TPSA) is 65.2 Å². The zero-order valence-corrected chi connectivity index (χ0v) is 20.4. The molecule has 0 spiro atoms. The number of hydrogen-bond acceptors (Lipinski definition) is 4. The van der Waals surface area contributed by atoms with Crippen molar-refractivity contribution in [2.75, 3.05) is 0 Å². The highest BCUT2D eigenvalue weighted by atomic mass is 16.3. The van der Waals surface area contributed by atoms with Crippen LogP contribution in [0.2, 0.25) is 0 Å². The van der Waals surface area contributed by atoms with Gasteiger partial charge < -0.3 is 10.2 Å². The van der Waals surface area contributed by atoms with Crippen molar-refractivity contribution in [3.05, 3.63) is 82.4 Å². The third kappa shape index (κ3) is 5.51. The first-order chi connectivity index (χ1) is 15.7. The van der Waals surface area contributed by atoms with Gasteiger partial charge >= 0.3 is 0 Å². The summed E-state index contributed by atoms with van der Waals surface area (Å²) in [7, 11) is 0. The van der Waals surface area contributed by atoms with E-state index in [1.165, 1.54) is 0 Å². The highest BCUT2D eigenvalue weighted by Crippen LogP contribution is 2.45. The average Bonchev–Trinajstić information content (AvgIpc) is 2.76. The lowest BCUT2D eigenvalue weighted by Gasteiger charge is -2.23. The molecule has 0 aromatic heterocycles. The van der Waals surface area contributed by atoms with Gasteiger partial charge in [0.1, 0.15) is 11.5 Å². The first-order valence-electron chi connectivity index (χ1n) is 11.6. The Morgan fingerprint density at radius 3 is 1.33 bits per heavy atom. The Balaban J connectivity index is 2.28. The maximum Gasteiger partial charge on any atom is 0.124 e. The van der Waals surface area contributed by atoms with E-state index in [4.69, 9.17) is 9.98 Å². The van der Waals surface area contributed by atoms with Crippen LogP contribution in [0.15, 0.2) is 64.6 Å². The van der Waals surface area contributed by atoms with Crippen LogP contribution in [-0.2, 0) is 0 Å². The molecule has 0 aliphatic carbocycles. The number of aromatic hydroxyl groups is 2. The molecule has 3 aromatic rings. The van der Waals surface area contributed by atoms with Crippen LogP contribution in [0.3, 0.4) is 0 Å². The van der Waals surface area contributed by atoms with Crippen molar-refractivity contribution in [3.63, 3.8) is 0 Å².